The number of benzene rings is 1. The van der Waals surface area contributed by atoms with Crippen LogP contribution in [-0.4, -0.2) is 61.1 Å². The molecule has 11 heteroatoms. The number of sulfonamides is 1. The van der Waals surface area contributed by atoms with Crippen molar-refractivity contribution in [2.24, 2.45) is 0 Å². The van der Waals surface area contributed by atoms with E-state index in [0.29, 0.717) is 24.2 Å². The van der Waals surface area contributed by atoms with Gasteiger partial charge in [0, 0.05) is 36.8 Å². The Bertz CT molecular complexity index is 1700. The smallest absolute Gasteiger partial charge is 0.251 e. The van der Waals surface area contributed by atoms with Crippen LogP contribution in [0.4, 0.5) is 5.82 Å². The Balaban J connectivity index is 1.19. The zero-order valence-corrected chi connectivity index (χ0v) is 23.1. The lowest BCUT2D eigenvalue weighted by molar-refractivity contribution is -0.00545. The molecule has 2 atom stereocenters. The SMILES string of the molecule is C[C@@H]1CN(c2cccc(-c3ccc4cnc(CNC(=O)c5ccc6c(c5)S(=O)(=O)NCC6)cc4n3)n2)C[C@H](C)O1. The van der Waals surface area contributed by atoms with Crippen molar-refractivity contribution >= 4 is 32.7 Å². The van der Waals surface area contributed by atoms with Crippen LogP contribution < -0.4 is 14.9 Å². The van der Waals surface area contributed by atoms with Crippen molar-refractivity contribution < 1.29 is 17.9 Å². The lowest BCUT2D eigenvalue weighted by atomic mass is 10.1. The number of morpholine rings is 1. The molecule has 1 fully saturated rings. The van der Waals surface area contributed by atoms with Crippen LogP contribution in [0.15, 0.2) is 65.7 Å². The molecule has 2 aliphatic heterocycles. The fourth-order valence-electron chi connectivity index (χ4n) is 5.23. The second-order valence-electron chi connectivity index (χ2n) is 10.3. The monoisotopic (exact) mass is 558 g/mol. The van der Waals surface area contributed by atoms with E-state index in [9.17, 15) is 13.2 Å². The van der Waals surface area contributed by atoms with Crippen LogP contribution >= 0.6 is 0 Å². The van der Waals surface area contributed by atoms with E-state index in [-0.39, 0.29) is 35.1 Å². The number of carbonyl (C=O) groups excluding carboxylic acids is 1. The Labute approximate surface area is 232 Å². The zero-order chi connectivity index (χ0) is 27.9. The number of hydrogen-bond acceptors (Lipinski definition) is 8. The van der Waals surface area contributed by atoms with Gasteiger partial charge in [0.05, 0.1) is 46.2 Å². The highest BCUT2D eigenvalue weighted by Crippen LogP contribution is 2.25. The van der Waals surface area contributed by atoms with Crippen molar-refractivity contribution in [2.75, 3.05) is 24.5 Å². The molecule has 0 aliphatic carbocycles. The molecule has 0 spiro atoms. The first-order valence-electron chi connectivity index (χ1n) is 13.3. The Morgan fingerprint density at radius 1 is 1.05 bits per heavy atom. The van der Waals surface area contributed by atoms with Crippen LogP contribution in [0.3, 0.4) is 0 Å². The molecule has 5 heterocycles. The number of pyridine rings is 3. The summed E-state index contributed by atoms with van der Waals surface area (Å²) in [4.78, 5) is 29.4. The highest BCUT2D eigenvalue weighted by Gasteiger charge is 2.25. The fraction of sp³-hybridized carbons (Fsp3) is 0.310. The number of carbonyl (C=O) groups is 1. The lowest BCUT2D eigenvalue weighted by Crippen LogP contribution is -2.45. The van der Waals surface area contributed by atoms with E-state index >= 15 is 0 Å². The Morgan fingerprint density at radius 3 is 2.67 bits per heavy atom. The largest absolute Gasteiger partial charge is 0.372 e. The maximum Gasteiger partial charge on any atom is 0.251 e. The molecular formula is C29H30N6O4S. The van der Waals surface area contributed by atoms with Crippen LogP contribution in [0.25, 0.3) is 22.3 Å². The fourth-order valence-corrected chi connectivity index (χ4v) is 6.55. The molecule has 1 amide bonds. The molecule has 3 aromatic heterocycles. The first-order valence-corrected chi connectivity index (χ1v) is 14.8. The predicted octanol–water partition coefficient (Wildman–Crippen LogP) is 3.07. The average molecular weight is 559 g/mol. The number of nitrogens with zero attached hydrogens (tertiary/aromatic N) is 4. The third-order valence-corrected chi connectivity index (χ3v) is 8.65. The van der Waals surface area contributed by atoms with Crippen LogP contribution in [-0.2, 0) is 27.7 Å². The van der Waals surface area contributed by atoms with E-state index in [1.165, 1.54) is 6.07 Å². The van der Waals surface area contributed by atoms with E-state index in [4.69, 9.17) is 14.7 Å². The third-order valence-electron chi connectivity index (χ3n) is 7.11. The van der Waals surface area contributed by atoms with Gasteiger partial charge < -0.3 is 15.0 Å². The third kappa shape index (κ3) is 5.40. The van der Waals surface area contributed by atoms with Gasteiger partial charge in [0.25, 0.3) is 5.91 Å². The maximum absolute atomic E-state index is 12.8. The van der Waals surface area contributed by atoms with Crippen LogP contribution in [0.2, 0.25) is 0 Å². The number of amides is 1. The van der Waals surface area contributed by atoms with Gasteiger partial charge in [-0.1, -0.05) is 12.1 Å². The van der Waals surface area contributed by atoms with E-state index < -0.39 is 10.0 Å². The van der Waals surface area contributed by atoms with Crippen molar-refractivity contribution in [1.29, 1.82) is 0 Å². The second kappa shape index (κ2) is 10.6. The molecule has 40 heavy (non-hydrogen) atoms. The molecule has 1 saturated heterocycles. The second-order valence-corrected chi connectivity index (χ2v) is 12.0. The number of aromatic nitrogens is 3. The van der Waals surface area contributed by atoms with Crippen LogP contribution in [0.5, 0.6) is 0 Å². The minimum atomic E-state index is -3.59. The van der Waals surface area contributed by atoms with Crippen molar-refractivity contribution in [2.45, 2.75) is 43.9 Å². The number of fused-ring (bicyclic) bond motifs is 2. The van der Waals surface area contributed by atoms with Gasteiger partial charge in [-0.3, -0.25) is 9.78 Å². The first-order chi connectivity index (χ1) is 19.2. The molecule has 2 N–H and O–H groups in total. The van der Waals surface area contributed by atoms with Gasteiger partial charge in [-0.25, -0.2) is 23.1 Å². The average Bonchev–Trinajstić information content (AvgIpc) is 2.95. The molecule has 10 nitrogen and oxygen atoms in total. The summed E-state index contributed by atoms with van der Waals surface area (Å²) in [5.41, 5.74) is 3.88. The molecule has 6 rings (SSSR count). The van der Waals surface area contributed by atoms with Gasteiger partial charge in [0.2, 0.25) is 10.0 Å². The number of ether oxygens (including phenoxy) is 1. The minimum absolute atomic E-state index is 0.136. The standard InChI is InChI=1S/C29H30N6O4S/c1-18-16-35(17-19(2)39-18)28-5-3-4-24(34-28)25-9-8-22-14-30-23(13-26(22)33-25)15-31-29(36)21-7-6-20-10-11-32-40(37,38)27(20)12-21/h3-9,12-14,18-19,32H,10-11,15-17H2,1-2H3,(H,31,36)/t18-,19+. The van der Waals surface area contributed by atoms with Crippen molar-refractivity contribution in [3.8, 4) is 11.4 Å². The maximum atomic E-state index is 12.8. The summed E-state index contributed by atoms with van der Waals surface area (Å²) in [5, 5.41) is 3.71. The molecule has 0 saturated carbocycles. The summed E-state index contributed by atoms with van der Waals surface area (Å²) in [7, 11) is -3.59. The van der Waals surface area contributed by atoms with Gasteiger partial charge in [-0.15, -0.1) is 0 Å². The van der Waals surface area contributed by atoms with Crippen LogP contribution in [0, 0.1) is 0 Å². The Kier molecular flexibility index (Phi) is 6.95. The topological polar surface area (TPSA) is 126 Å². The summed E-state index contributed by atoms with van der Waals surface area (Å²) in [6.07, 6.45) is 2.59. The van der Waals surface area contributed by atoms with Gasteiger partial charge >= 0.3 is 0 Å². The normalized spacial score (nSPS) is 20.2. The summed E-state index contributed by atoms with van der Waals surface area (Å²) in [6.45, 7) is 6.23. The van der Waals surface area contributed by atoms with Gasteiger partial charge in [-0.05, 0) is 68.3 Å². The molecular weight excluding hydrogens is 528 g/mol. The molecule has 0 bridgehead atoms. The van der Waals surface area contributed by atoms with Crippen molar-refractivity contribution in [3.63, 3.8) is 0 Å². The number of hydrogen-bond donors (Lipinski definition) is 2. The van der Waals surface area contributed by atoms with E-state index in [2.05, 4.69) is 33.8 Å². The predicted molar refractivity (Wildman–Crippen MR) is 151 cm³/mol. The number of rotatable bonds is 5. The number of anilines is 1. The molecule has 4 aromatic rings. The molecule has 0 radical (unpaired) electrons. The quantitative estimate of drug-likeness (QED) is 0.383. The summed E-state index contributed by atoms with van der Waals surface area (Å²) < 4.78 is 33.0. The van der Waals surface area contributed by atoms with Gasteiger partial charge in [-0.2, -0.15) is 0 Å². The van der Waals surface area contributed by atoms with E-state index in [0.717, 1.165) is 41.2 Å². The van der Waals surface area contributed by atoms with E-state index in [1.54, 1.807) is 18.3 Å². The number of nitrogens with one attached hydrogen (secondary N) is 2. The molecule has 2 aliphatic rings. The van der Waals surface area contributed by atoms with Crippen LogP contribution in [0.1, 0.15) is 35.5 Å². The highest BCUT2D eigenvalue weighted by atomic mass is 32.2. The minimum Gasteiger partial charge on any atom is -0.372 e. The Hall–Kier alpha value is -3.93. The lowest BCUT2D eigenvalue weighted by Gasteiger charge is -2.36. The molecule has 1 aromatic carbocycles. The Morgan fingerprint density at radius 2 is 1.85 bits per heavy atom. The molecule has 206 valence electrons. The van der Waals surface area contributed by atoms with Gasteiger partial charge in [0.1, 0.15) is 5.82 Å². The van der Waals surface area contributed by atoms with Crippen molar-refractivity contribution in [3.05, 3.63) is 77.6 Å². The van der Waals surface area contributed by atoms with E-state index in [1.807, 2.05) is 36.4 Å². The zero-order valence-electron chi connectivity index (χ0n) is 22.3. The highest BCUT2D eigenvalue weighted by molar-refractivity contribution is 7.89. The summed E-state index contributed by atoms with van der Waals surface area (Å²) in [6, 6.07) is 16.5. The van der Waals surface area contributed by atoms with Crippen molar-refractivity contribution in [1.82, 2.24) is 25.0 Å². The molecule has 0 unspecified atom stereocenters. The summed E-state index contributed by atoms with van der Waals surface area (Å²) in [5.74, 6) is 0.519. The van der Waals surface area contributed by atoms with Gasteiger partial charge in [0.15, 0.2) is 0 Å². The first kappa shape index (κ1) is 26.3. The summed E-state index contributed by atoms with van der Waals surface area (Å²) >= 11 is 0.